The molecule has 3 aromatic rings. The minimum Gasteiger partial charge on any atom is -0.493 e. The van der Waals surface area contributed by atoms with Crippen LogP contribution in [0.5, 0.6) is 11.5 Å². The van der Waals surface area contributed by atoms with Crippen molar-refractivity contribution < 1.29 is 14.3 Å². The van der Waals surface area contributed by atoms with Crippen molar-refractivity contribution in [1.82, 2.24) is 5.32 Å². The summed E-state index contributed by atoms with van der Waals surface area (Å²) in [6.07, 6.45) is 0.767. The number of carbonyl (C=O) groups is 1. The van der Waals surface area contributed by atoms with Crippen LogP contribution >= 0.6 is 0 Å². The van der Waals surface area contributed by atoms with Crippen LogP contribution in [0.4, 0.5) is 0 Å². The highest BCUT2D eigenvalue weighted by Crippen LogP contribution is 2.31. The summed E-state index contributed by atoms with van der Waals surface area (Å²) in [5, 5.41) is 3.11. The van der Waals surface area contributed by atoms with Gasteiger partial charge in [0.2, 0.25) is 0 Å². The molecule has 0 aliphatic rings. The average molecular weight is 375 g/mol. The lowest BCUT2D eigenvalue weighted by molar-refractivity contribution is 0.0935. The van der Waals surface area contributed by atoms with E-state index in [0.717, 1.165) is 23.1 Å². The van der Waals surface area contributed by atoms with Crippen molar-refractivity contribution in [3.63, 3.8) is 0 Å². The number of rotatable bonds is 7. The van der Waals surface area contributed by atoms with Crippen LogP contribution in [0.15, 0.2) is 72.8 Å². The van der Waals surface area contributed by atoms with E-state index in [4.69, 9.17) is 9.47 Å². The SMILES string of the molecule is CCC(NC(=O)c1ccc(-c2ccccc2)cc1)c1ccc(OC)c(OC)c1. The molecule has 4 heteroatoms. The summed E-state index contributed by atoms with van der Waals surface area (Å²) in [4.78, 5) is 12.7. The molecule has 28 heavy (non-hydrogen) atoms. The average Bonchev–Trinajstić information content (AvgIpc) is 2.77. The lowest BCUT2D eigenvalue weighted by atomic mass is 10.0. The first-order valence-electron chi connectivity index (χ1n) is 9.34. The largest absolute Gasteiger partial charge is 0.493 e. The molecule has 144 valence electrons. The number of hydrogen-bond donors (Lipinski definition) is 1. The predicted molar refractivity (Wildman–Crippen MR) is 112 cm³/mol. The van der Waals surface area contributed by atoms with Gasteiger partial charge < -0.3 is 14.8 Å². The molecule has 0 spiro atoms. The Balaban J connectivity index is 1.75. The molecule has 0 bridgehead atoms. The van der Waals surface area contributed by atoms with Crippen LogP contribution in [-0.2, 0) is 0 Å². The minimum atomic E-state index is -0.110. The van der Waals surface area contributed by atoms with Gasteiger partial charge in [0.25, 0.3) is 5.91 Å². The zero-order valence-corrected chi connectivity index (χ0v) is 16.4. The lowest BCUT2D eigenvalue weighted by Gasteiger charge is -2.19. The normalized spacial score (nSPS) is 11.5. The predicted octanol–water partition coefficient (Wildman–Crippen LogP) is 5.25. The molecule has 3 rings (SSSR count). The maximum Gasteiger partial charge on any atom is 0.251 e. The van der Waals surface area contributed by atoms with Gasteiger partial charge in [0.1, 0.15) is 0 Å². The van der Waals surface area contributed by atoms with E-state index < -0.39 is 0 Å². The van der Waals surface area contributed by atoms with Crippen molar-refractivity contribution >= 4 is 5.91 Å². The molecule has 1 unspecified atom stereocenters. The first-order chi connectivity index (χ1) is 13.7. The van der Waals surface area contributed by atoms with E-state index in [1.54, 1.807) is 14.2 Å². The van der Waals surface area contributed by atoms with Crippen molar-refractivity contribution in [2.45, 2.75) is 19.4 Å². The molecule has 0 saturated heterocycles. The highest BCUT2D eigenvalue weighted by molar-refractivity contribution is 5.95. The van der Waals surface area contributed by atoms with Crippen molar-refractivity contribution in [3.8, 4) is 22.6 Å². The highest BCUT2D eigenvalue weighted by atomic mass is 16.5. The Kier molecular flexibility index (Phi) is 6.33. The number of methoxy groups -OCH3 is 2. The summed E-state index contributed by atoms with van der Waals surface area (Å²) in [5.74, 6) is 1.23. The Morgan fingerprint density at radius 1 is 0.857 bits per heavy atom. The van der Waals surface area contributed by atoms with Crippen LogP contribution in [0.1, 0.15) is 35.3 Å². The summed E-state index contributed by atoms with van der Waals surface area (Å²) in [6.45, 7) is 2.04. The van der Waals surface area contributed by atoms with Crippen molar-refractivity contribution in [3.05, 3.63) is 83.9 Å². The van der Waals surface area contributed by atoms with E-state index in [1.807, 2.05) is 67.6 Å². The summed E-state index contributed by atoms with van der Waals surface area (Å²) in [7, 11) is 3.21. The summed E-state index contributed by atoms with van der Waals surface area (Å²) < 4.78 is 10.7. The van der Waals surface area contributed by atoms with E-state index in [-0.39, 0.29) is 11.9 Å². The van der Waals surface area contributed by atoms with E-state index in [9.17, 15) is 4.79 Å². The first-order valence-corrected chi connectivity index (χ1v) is 9.34. The maximum absolute atomic E-state index is 12.7. The number of hydrogen-bond acceptors (Lipinski definition) is 3. The molecule has 0 aromatic heterocycles. The fourth-order valence-electron chi connectivity index (χ4n) is 3.18. The fourth-order valence-corrected chi connectivity index (χ4v) is 3.18. The molecule has 0 fully saturated rings. The zero-order chi connectivity index (χ0) is 19.9. The van der Waals surface area contributed by atoms with Gasteiger partial charge >= 0.3 is 0 Å². The second-order valence-corrected chi connectivity index (χ2v) is 6.49. The number of ether oxygens (including phenoxy) is 2. The topological polar surface area (TPSA) is 47.6 Å². The van der Waals surface area contributed by atoms with Gasteiger partial charge in [-0.3, -0.25) is 4.79 Å². The van der Waals surface area contributed by atoms with E-state index >= 15 is 0 Å². The van der Waals surface area contributed by atoms with Gasteiger partial charge in [-0.1, -0.05) is 55.5 Å². The molecule has 1 amide bonds. The van der Waals surface area contributed by atoms with Crippen molar-refractivity contribution in [2.75, 3.05) is 14.2 Å². The molecule has 0 radical (unpaired) electrons. The number of benzene rings is 3. The Hall–Kier alpha value is -3.27. The molecular formula is C24H25NO3. The molecule has 0 saturated carbocycles. The van der Waals surface area contributed by atoms with Gasteiger partial charge in [0, 0.05) is 5.56 Å². The van der Waals surface area contributed by atoms with Crippen LogP contribution in [0, 0.1) is 0 Å². The fraction of sp³-hybridized carbons (Fsp3) is 0.208. The number of nitrogens with one attached hydrogen (secondary N) is 1. The Morgan fingerprint density at radius 2 is 1.50 bits per heavy atom. The van der Waals surface area contributed by atoms with Gasteiger partial charge in [0.15, 0.2) is 11.5 Å². The maximum atomic E-state index is 12.7. The van der Waals surface area contributed by atoms with Crippen LogP contribution in [0.25, 0.3) is 11.1 Å². The van der Waals surface area contributed by atoms with Crippen LogP contribution < -0.4 is 14.8 Å². The van der Waals surface area contributed by atoms with Gasteiger partial charge in [0.05, 0.1) is 20.3 Å². The minimum absolute atomic E-state index is 0.0961. The van der Waals surface area contributed by atoms with Gasteiger partial charge in [-0.05, 0) is 47.4 Å². The molecule has 4 nitrogen and oxygen atoms in total. The van der Waals surface area contributed by atoms with Crippen LogP contribution in [0.2, 0.25) is 0 Å². The Bertz CT molecular complexity index is 920. The standard InChI is InChI=1S/C24H25NO3/c1-4-21(20-14-15-22(27-2)23(16-20)28-3)25-24(26)19-12-10-18(11-13-19)17-8-6-5-7-9-17/h5-16,21H,4H2,1-3H3,(H,25,26). The lowest BCUT2D eigenvalue weighted by Crippen LogP contribution is -2.28. The van der Waals surface area contributed by atoms with Crippen LogP contribution in [-0.4, -0.2) is 20.1 Å². The quantitative estimate of drug-likeness (QED) is 0.613. The molecular weight excluding hydrogens is 350 g/mol. The second kappa shape index (κ2) is 9.09. The summed E-state index contributed by atoms with van der Waals surface area (Å²) in [6, 6.07) is 23.4. The van der Waals surface area contributed by atoms with E-state index in [0.29, 0.717) is 17.1 Å². The van der Waals surface area contributed by atoms with Gasteiger partial charge in [-0.2, -0.15) is 0 Å². The molecule has 1 atom stereocenters. The summed E-state index contributed by atoms with van der Waals surface area (Å²) >= 11 is 0. The van der Waals surface area contributed by atoms with E-state index in [2.05, 4.69) is 17.4 Å². The number of carbonyl (C=O) groups excluding carboxylic acids is 1. The van der Waals surface area contributed by atoms with Crippen molar-refractivity contribution in [1.29, 1.82) is 0 Å². The number of amides is 1. The van der Waals surface area contributed by atoms with E-state index in [1.165, 1.54) is 0 Å². The second-order valence-electron chi connectivity index (χ2n) is 6.49. The zero-order valence-electron chi connectivity index (χ0n) is 16.4. The van der Waals surface area contributed by atoms with Crippen molar-refractivity contribution in [2.24, 2.45) is 0 Å². The van der Waals surface area contributed by atoms with Crippen LogP contribution in [0.3, 0.4) is 0 Å². The molecule has 0 aliphatic carbocycles. The third-order valence-electron chi connectivity index (χ3n) is 4.78. The third-order valence-corrected chi connectivity index (χ3v) is 4.78. The highest BCUT2D eigenvalue weighted by Gasteiger charge is 2.16. The molecule has 0 aliphatic heterocycles. The third kappa shape index (κ3) is 4.34. The Labute approximate surface area is 166 Å². The van der Waals surface area contributed by atoms with Gasteiger partial charge in [-0.15, -0.1) is 0 Å². The van der Waals surface area contributed by atoms with Gasteiger partial charge in [-0.25, -0.2) is 0 Å². The monoisotopic (exact) mass is 375 g/mol. The first kappa shape index (κ1) is 19.5. The molecule has 1 N–H and O–H groups in total. The Morgan fingerprint density at radius 3 is 2.11 bits per heavy atom. The molecule has 3 aromatic carbocycles. The summed E-state index contributed by atoms with van der Waals surface area (Å²) in [5.41, 5.74) is 3.84. The smallest absolute Gasteiger partial charge is 0.251 e. The molecule has 0 heterocycles.